The average Bonchev–Trinajstić information content (AvgIpc) is 2.63. The molecular formula is C12H20N2O. The maximum absolute atomic E-state index is 10.9. The average molecular weight is 208 g/mol. The van der Waals surface area contributed by atoms with Gasteiger partial charge >= 0.3 is 0 Å². The van der Waals surface area contributed by atoms with E-state index in [0.717, 1.165) is 16.9 Å². The van der Waals surface area contributed by atoms with Gasteiger partial charge in [0.2, 0.25) is 5.91 Å². The highest BCUT2D eigenvalue weighted by atomic mass is 16.1. The maximum atomic E-state index is 10.9. The van der Waals surface area contributed by atoms with Gasteiger partial charge in [-0.05, 0) is 12.5 Å². The van der Waals surface area contributed by atoms with Crippen molar-refractivity contribution >= 4 is 11.7 Å². The van der Waals surface area contributed by atoms with Crippen molar-refractivity contribution in [3.63, 3.8) is 0 Å². The van der Waals surface area contributed by atoms with E-state index in [1.807, 2.05) is 40.7 Å². The van der Waals surface area contributed by atoms with Gasteiger partial charge in [-0.1, -0.05) is 33.8 Å². The van der Waals surface area contributed by atoms with Crippen molar-refractivity contribution in [3.05, 3.63) is 23.4 Å². The Morgan fingerprint density at radius 3 is 2.47 bits per heavy atom. The molecular weight excluding hydrogens is 188 g/mol. The number of nitrogens with zero attached hydrogens (tertiary/aromatic N) is 1. The van der Waals surface area contributed by atoms with Gasteiger partial charge in [0.15, 0.2) is 0 Å². The molecule has 1 aromatic rings. The van der Waals surface area contributed by atoms with Gasteiger partial charge < -0.3 is 5.32 Å². The summed E-state index contributed by atoms with van der Waals surface area (Å²) < 4.78 is 0. The first kappa shape index (κ1) is 13.6. The quantitative estimate of drug-likeness (QED) is 0.712. The molecule has 0 fully saturated rings. The van der Waals surface area contributed by atoms with E-state index in [4.69, 9.17) is 0 Å². The van der Waals surface area contributed by atoms with Gasteiger partial charge in [-0.15, -0.1) is 0 Å². The molecule has 3 nitrogen and oxygen atoms in total. The second kappa shape index (κ2) is 6.98. The summed E-state index contributed by atoms with van der Waals surface area (Å²) in [6, 6.07) is 1.99. The van der Waals surface area contributed by atoms with Gasteiger partial charge in [-0.2, -0.15) is 0 Å². The summed E-state index contributed by atoms with van der Waals surface area (Å²) in [6.07, 6.45) is 2.23. The number of pyridine rings is 1. The molecule has 0 aromatic carbocycles. The molecule has 1 N–H and O–H groups in total. The second-order valence-corrected chi connectivity index (χ2v) is 2.75. The summed E-state index contributed by atoms with van der Waals surface area (Å²) >= 11 is 0. The predicted octanol–water partition coefficient (Wildman–Crippen LogP) is 2.94. The minimum atomic E-state index is 0.0399. The summed E-state index contributed by atoms with van der Waals surface area (Å²) in [5, 5.41) is 2.67. The van der Waals surface area contributed by atoms with Crippen molar-refractivity contribution in [1.29, 1.82) is 0 Å². The van der Waals surface area contributed by atoms with Crippen LogP contribution in [0, 0.1) is 6.92 Å². The number of anilines is 1. The van der Waals surface area contributed by atoms with Crippen LogP contribution >= 0.6 is 0 Å². The van der Waals surface area contributed by atoms with Crippen LogP contribution in [0.4, 0.5) is 5.82 Å². The number of aromatic nitrogens is 1. The first-order valence-electron chi connectivity index (χ1n) is 5.51. The molecule has 0 radical (unpaired) electrons. The van der Waals surface area contributed by atoms with Crippen LogP contribution in [0.5, 0.6) is 0 Å². The van der Waals surface area contributed by atoms with E-state index in [-0.39, 0.29) is 5.91 Å². The maximum Gasteiger partial charge on any atom is 0.230 e. The third-order valence-electron chi connectivity index (χ3n) is 1.71. The fourth-order valence-electron chi connectivity index (χ4n) is 1.23. The molecule has 0 aliphatic carbocycles. The van der Waals surface area contributed by atoms with E-state index in [1.54, 1.807) is 6.20 Å². The van der Waals surface area contributed by atoms with Crippen molar-refractivity contribution in [1.82, 2.24) is 4.98 Å². The number of hydrogen-bond donors (Lipinski definition) is 1. The molecule has 84 valence electrons. The fourth-order valence-corrected chi connectivity index (χ4v) is 1.23. The van der Waals surface area contributed by atoms with Crippen LogP contribution in [0.2, 0.25) is 0 Å². The summed E-state index contributed by atoms with van der Waals surface area (Å²) in [6.45, 7) is 9.97. The lowest BCUT2D eigenvalue weighted by Gasteiger charge is -1.96. The SMILES string of the molecule is CC.CC.Cc1cnc2c(c1)CC(=O)N2. The zero-order valence-corrected chi connectivity index (χ0v) is 10.2. The Morgan fingerprint density at radius 2 is 1.87 bits per heavy atom. The highest BCUT2D eigenvalue weighted by Gasteiger charge is 2.17. The van der Waals surface area contributed by atoms with Crippen LogP contribution in [-0.4, -0.2) is 10.9 Å². The number of hydrogen-bond acceptors (Lipinski definition) is 2. The Labute approximate surface area is 91.9 Å². The number of aryl methyl sites for hydroxylation is 1. The van der Waals surface area contributed by atoms with Crippen molar-refractivity contribution in [3.8, 4) is 0 Å². The van der Waals surface area contributed by atoms with Gasteiger partial charge in [0, 0.05) is 11.8 Å². The Balaban J connectivity index is 0.000000442. The largest absolute Gasteiger partial charge is 0.310 e. The summed E-state index contributed by atoms with van der Waals surface area (Å²) in [4.78, 5) is 14.9. The number of carbonyl (C=O) groups excluding carboxylic acids is 1. The summed E-state index contributed by atoms with van der Waals surface area (Å²) in [5.74, 6) is 0.763. The molecule has 1 aromatic heterocycles. The number of amides is 1. The molecule has 2 rings (SSSR count). The molecule has 0 bridgehead atoms. The Morgan fingerprint density at radius 1 is 1.27 bits per heavy atom. The van der Waals surface area contributed by atoms with Gasteiger partial charge in [-0.3, -0.25) is 4.79 Å². The lowest BCUT2D eigenvalue weighted by atomic mass is 10.2. The minimum Gasteiger partial charge on any atom is -0.310 e. The third kappa shape index (κ3) is 3.70. The first-order valence-corrected chi connectivity index (χ1v) is 5.51. The summed E-state index contributed by atoms with van der Waals surface area (Å²) in [7, 11) is 0. The number of fused-ring (bicyclic) bond motifs is 1. The highest BCUT2D eigenvalue weighted by molar-refractivity contribution is 5.97. The lowest BCUT2D eigenvalue weighted by molar-refractivity contribution is -0.115. The smallest absolute Gasteiger partial charge is 0.230 e. The standard InChI is InChI=1S/C8H8N2O.2C2H6/c1-5-2-6-3-7(11)10-8(6)9-4-5;2*1-2/h2,4H,3H2,1H3,(H,9,10,11);2*1-2H3. The first-order chi connectivity index (χ1) is 7.25. The van der Waals surface area contributed by atoms with E-state index >= 15 is 0 Å². The molecule has 15 heavy (non-hydrogen) atoms. The molecule has 0 unspecified atom stereocenters. The molecule has 3 heteroatoms. The van der Waals surface area contributed by atoms with E-state index in [2.05, 4.69) is 10.3 Å². The van der Waals surface area contributed by atoms with Crippen LogP contribution in [0.3, 0.4) is 0 Å². The van der Waals surface area contributed by atoms with Gasteiger partial charge in [0.25, 0.3) is 0 Å². The Hall–Kier alpha value is -1.38. The predicted molar refractivity (Wildman–Crippen MR) is 64.0 cm³/mol. The van der Waals surface area contributed by atoms with Gasteiger partial charge in [0.05, 0.1) is 6.42 Å². The van der Waals surface area contributed by atoms with E-state index in [1.165, 1.54) is 0 Å². The number of carbonyl (C=O) groups is 1. The highest BCUT2D eigenvalue weighted by Crippen LogP contribution is 2.19. The molecule has 1 aliphatic heterocycles. The molecule has 2 heterocycles. The molecule has 0 saturated heterocycles. The fraction of sp³-hybridized carbons (Fsp3) is 0.500. The van der Waals surface area contributed by atoms with E-state index < -0.39 is 0 Å². The summed E-state index contributed by atoms with van der Waals surface area (Å²) in [5.41, 5.74) is 2.11. The van der Waals surface area contributed by atoms with Crippen molar-refractivity contribution in [2.45, 2.75) is 41.0 Å². The van der Waals surface area contributed by atoms with Crippen molar-refractivity contribution in [2.24, 2.45) is 0 Å². The second-order valence-electron chi connectivity index (χ2n) is 2.75. The molecule has 0 saturated carbocycles. The molecule has 1 aliphatic rings. The normalized spacial score (nSPS) is 11.4. The van der Waals surface area contributed by atoms with Crippen LogP contribution in [-0.2, 0) is 11.2 Å². The Kier molecular flexibility index (Phi) is 6.34. The zero-order chi connectivity index (χ0) is 11.8. The van der Waals surface area contributed by atoms with Crippen molar-refractivity contribution < 1.29 is 4.79 Å². The van der Waals surface area contributed by atoms with E-state index in [0.29, 0.717) is 6.42 Å². The monoisotopic (exact) mass is 208 g/mol. The van der Waals surface area contributed by atoms with Crippen LogP contribution in [0.15, 0.2) is 12.3 Å². The van der Waals surface area contributed by atoms with Crippen LogP contribution in [0.1, 0.15) is 38.8 Å². The number of nitrogens with one attached hydrogen (secondary N) is 1. The van der Waals surface area contributed by atoms with Gasteiger partial charge in [-0.25, -0.2) is 4.98 Å². The molecule has 0 atom stereocenters. The van der Waals surface area contributed by atoms with Crippen molar-refractivity contribution in [2.75, 3.05) is 5.32 Å². The van der Waals surface area contributed by atoms with Crippen LogP contribution in [0.25, 0.3) is 0 Å². The zero-order valence-electron chi connectivity index (χ0n) is 10.2. The topological polar surface area (TPSA) is 42.0 Å². The number of rotatable bonds is 0. The minimum absolute atomic E-state index is 0.0399. The van der Waals surface area contributed by atoms with Crippen LogP contribution < -0.4 is 5.32 Å². The Bertz CT molecular complexity index is 321. The molecule has 1 amide bonds. The lowest BCUT2D eigenvalue weighted by Crippen LogP contribution is -2.04. The van der Waals surface area contributed by atoms with Gasteiger partial charge in [0.1, 0.15) is 5.82 Å². The van der Waals surface area contributed by atoms with E-state index in [9.17, 15) is 4.79 Å². The third-order valence-corrected chi connectivity index (χ3v) is 1.71. The molecule has 0 spiro atoms.